The molecule has 1 N–H and O–H groups in total. The molecule has 110 valence electrons. The highest BCUT2D eigenvalue weighted by atomic mass is 79.9. The van der Waals surface area contributed by atoms with Crippen molar-refractivity contribution in [3.8, 4) is 0 Å². The zero-order valence-electron chi connectivity index (χ0n) is 11.6. The van der Waals surface area contributed by atoms with Crippen LogP contribution in [0.2, 0.25) is 0 Å². The number of hydrogen-bond acceptors (Lipinski definition) is 2. The summed E-state index contributed by atoms with van der Waals surface area (Å²) in [5.74, 6) is -0.771. The van der Waals surface area contributed by atoms with Gasteiger partial charge in [0.1, 0.15) is 11.6 Å². The Balaban J connectivity index is 1.93. The Morgan fingerprint density at radius 1 is 1.25 bits per heavy atom. The third-order valence-electron chi connectivity index (χ3n) is 4.64. The van der Waals surface area contributed by atoms with Gasteiger partial charge < -0.3 is 10.2 Å². The van der Waals surface area contributed by atoms with Gasteiger partial charge in [0.05, 0.1) is 10.2 Å². The maximum Gasteiger partial charge on any atom is 0.147 e. The highest BCUT2D eigenvalue weighted by Gasteiger charge is 2.40. The van der Waals surface area contributed by atoms with E-state index in [9.17, 15) is 8.78 Å². The minimum absolute atomic E-state index is 0.0858. The van der Waals surface area contributed by atoms with E-state index in [1.54, 1.807) is 0 Å². The molecule has 0 radical (unpaired) electrons. The van der Waals surface area contributed by atoms with Crippen LogP contribution in [0.4, 0.5) is 14.5 Å². The van der Waals surface area contributed by atoms with Gasteiger partial charge in [-0.3, -0.25) is 0 Å². The van der Waals surface area contributed by atoms with E-state index in [0.29, 0.717) is 5.69 Å². The smallest absolute Gasteiger partial charge is 0.147 e. The van der Waals surface area contributed by atoms with Crippen LogP contribution >= 0.6 is 15.9 Å². The van der Waals surface area contributed by atoms with Crippen molar-refractivity contribution in [2.75, 3.05) is 18.0 Å². The van der Waals surface area contributed by atoms with E-state index >= 15 is 0 Å². The van der Waals surface area contributed by atoms with Crippen LogP contribution in [0.1, 0.15) is 32.6 Å². The van der Waals surface area contributed by atoms with Crippen LogP contribution in [0, 0.1) is 11.6 Å². The minimum Gasteiger partial charge on any atom is -0.363 e. The van der Waals surface area contributed by atoms with Crippen molar-refractivity contribution in [2.24, 2.45) is 0 Å². The van der Waals surface area contributed by atoms with Crippen molar-refractivity contribution >= 4 is 21.6 Å². The SMILES string of the molecule is CC1CNC2(CCCC2)CN1c1cc(F)c(Br)cc1F. The molecule has 1 aliphatic carbocycles. The van der Waals surface area contributed by atoms with Crippen LogP contribution in [-0.4, -0.2) is 24.7 Å². The first-order valence-corrected chi connectivity index (χ1v) is 7.96. The highest BCUT2D eigenvalue weighted by molar-refractivity contribution is 9.10. The van der Waals surface area contributed by atoms with Gasteiger partial charge >= 0.3 is 0 Å². The van der Waals surface area contributed by atoms with Crippen LogP contribution in [0.15, 0.2) is 16.6 Å². The number of anilines is 1. The van der Waals surface area contributed by atoms with Gasteiger partial charge in [0.2, 0.25) is 0 Å². The van der Waals surface area contributed by atoms with E-state index in [-0.39, 0.29) is 21.9 Å². The molecule has 1 aliphatic heterocycles. The summed E-state index contributed by atoms with van der Waals surface area (Å²) in [5.41, 5.74) is 0.466. The molecule has 20 heavy (non-hydrogen) atoms. The van der Waals surface area contributed by atoms with Gasteiger partial charge in [-0.25, -0.2) is 8.78 Å². The van der Waals surface area contributed by atoms with Gasteiger partial charge in [-0.1, -0.05) is 12.8 Å². The van der Waals surface area contributed by atoms with E-state index in [4.69, 9.17) is 0 Å². The summed E-state index contributed by atoms with van der Waals surface area (Å²) < 4.78 is 28.1. The molecule has 3 rings (SSSR count). The monoisotopic (exact) mass is 344 g/mol. The number of hydrogen-bond donors (Lipinski definition) is 1. The van der Waals surface area contributed by atoms with Gasteiger partial charge in [-0.05, 0) is 41.8 Å². The molecule has 1 spiro atoms. The van der Waals surface area contributed by atoms with E-state index in [2.05, 4.69) is 21.2 Å². The first-order chi connectivity index (χ1) is 9.51. The van der Waals surface area contributed by atoms with Crippen molar-refractivity contribution in [1.82, 2.24) is 5.32 Å². The van der Waals surface area contributed by atoms with Gasteiger partial charge in [-0.2, -0.15) is 0 Å². The number of halogens is 3. The lowest BCUT2D eigenvalue weighted by Gasteiger charge is -2.46. The predicted molar refractivity (Wildman–Crippen MR) is 80.1 cm³/mol. The topological polar surface area (TPSA) is 15.3 Å². The first-order valence-electron chi connectivity index (χ1n) is 7.17. The summed E-state index contributed by atoms with van der Waals surface area (Å²) in [6, 6.07) is 2.70. The molecule has 2 nitrogen and oxygen atoms in total. The second-order valence-corrected chi connectivity index (χ2v) is 6.92. The quantitative estimate of drug-likeness (QED) is 0.778. The Hall–Kier alpha value is -0.680. The van der Waals surface area contributed by atoms with Gasteiger partial charge in [0.25, 0.3) is 0 Å². The standard InChI is InChI=1S/C15H19BrF2N2/c1-10-8-19-15(4-2-3-5-15)9-20(10)14-7-12(17)11(16)6-13(14)18/h6-7,10,19H,2-5,8-9H2,1H3. The Kier molecular flexibility index (Phi) is 3.75. The first kappa shape index (κ1) is 14.3. The van der Waals surface area contributed by atoms with Gasteiger partial charge in [0, 0.05) is 30.7 Å². The van der Waals surface area contributed by atoms with Gasteiger partial charge in [0.15, 0.2) is 0 Å². The molecule has 0 aromatic heterocycles. The number of rotatable bonds is 1. The van der Waals surface area contributed by atoms with Crippen LogP contribution in [0.25, 0.3) is 0 Å². The van der Waals surface area contributed by atoms with E-state index < -0.39 is 5.82 Å². The maximum atomic E-state index is 14.2. The normalized spacial score (nSPS) is 25.4. The van der Waals surface area contributed by atoms with Gasteiger partial charge in [-0.15, -0.1) is 0 Å². The third kappa shape index (κ3) is 2.46. The molecule has 0 amide bonds. The lowest BCUT2D eigenvalue weighted by Crippen LogP contribution is -2.62. The highest BCUT2D eigenvalue weighted by Crippen LogP contribution is 2.36. The van der Waals surface area contributed by atoms with E-state index in [1.807, 2.05) is 11.8 Å². The third-order valence-corrected chi connectivity index (χ3v) is 5.25. The van der Waals surface area contributed by atoms with Crippen LogP contribution in [-0.2, 0) is 0 Å². The molecule has 1 aromatic carbocycles. The molecule has 5 heteroatoms. The van der Waals surface area contributed by atoms with Crippen molar-refractivity contribution < 1.29 is 8.78 Å². The molecular weight excluding hydrogens is 326 g/mol. The van der Waals surface area contributed by atoms with E-state index in [0.717, 1.165) is 25.9 Å². The largest absolute Gasteiger partial charge is 0.363 e. The second kappa shape index (κ2) is 5.26. The maximum absolute atomic E-state index is 14.2. The van der Waals surface area contributed by atoms with Crippen LogP contribution in [0.3, 0.4) is 0 Å². The minimum atomic E-state index is -0.410. The van der Waals surface area contributed by atoms with E-state index in [1.165, 1.54) is 25.0 Å². The van der Waals surface area contributed by atoms with Crippen molar-refractivity contribution in [1.29, 1.82) is 0 Å². The average molecular weight is 345 g/mol. The van der Waals surface area contributed by atoms with Crippen LogP contribution in [0.5, 0.6) is 0 Å². The Morgan fingerprint density at radius 2 is 1.95 bits per heavy atom. The Labute approximate surface area is 126 Å². The van der Waals surface area contributed by atoms with Crippen molar-refractivity contribution in [3.63, 3.8) is 0 Å². The summed E-state index contributed by atoms with van der Waals surface area (Å²) >= 11 is 3.03. The molecule has 1 saturated carbocycles. The Bertz CT molecular complexity index is 515. The fourth-order valence-electron chi connectivity index (χ4n) is 3.45. The second-order valence-electron chi connectivity index (χ2n) is 6.06. The number of benzene rings is 1. The molecule has 2 fully saturated rings. The lowest BCUT2D eigenvalue weighted by molar-refractivity contribution is 0.275. The van der Waals surface area contributed by atoms with Crippen molar-refractivity contribution in [2.45, 2.75) is 44.2 Å². The molecular formula is C15H19BrF2N2. The zero-order chi connectivity index (χ0) is 14.3. The van der Waals surface area contributed by atoms with Crippen molar-refractivity contribution in [3.05, 3.63) is 28.2 Å². The predicted octanol–water partition coefficient (Wildman–Crippen LogP) is 3.84. The number of piperazine rings is 1. The summed E-state index contributed by atoms with van der Waals surface area (Å²) in [5, 5.41) is 3.62. The molecule has 1 saturated heterocycles. The molecule has 1 heterocycles. The Morgan fingerprint density at radius 3 is 2.65 bits per heavy atom. The van der Waals surface area contributed by atoms with Crippen LogP contribution < -0.4 is 10.2 Å². The summed E-state index contributed by atoms with van der Waals surface area (Å²) in [6.07, 6.45) is 4.67. The molecule has 2 aliphatic rings. The fourth-order valence-corrected chi connectivity index (χ4v) is 3.77. The molecule has 1 atom stereocenters. The summed E-state index contributed by atoms with van der Waals surface area (Å²) in [7, 11) is 0. The molecule has 1 unspecified atom stereocenters. The zero-order valence-corrected chi connectivity index (χ0v) is 13.1. The molecule has 0 bridgehead atoms. The number of nitrogens with one attached hydrogen (secondary N) is 1. The molecule has 1 aromatic rings. The summed E-state index contributed by atoms with van der Waals surface area (Å²) in [6.45, 7) is 3.62. The lowest BCUT2D eigenvalue weighted by atomic mass is 9.92. The number of nitrogens with zero attached hydrogens (tertiary/aromatic N) is 1. The summed E-state index contributed by atoms with van der Waals surface area (Å²) in [4.78, 5) is 2.02. The fraction of sp³-hybridized carbons (Fsp3) is 0.600. The average Bonchev–Trinajstić information content (AvgIpc) is 2.86.